The van der Waals surface area contributed by atoms with Crippen LogP contribution in [0.3, 0.4) is 0 Å². The summed E-state index contributed by atoms with van der Waals surface area (Å²) in [4.78, 5) is 1.55. The average molecular weight is 316 g/mol. The van der Waals surface area contributed by atoms with Crippen LogP contribution < -0.4 is 5.32 Å². The maximum atomic E-state index is 12.6. The zero-order chi connectivity index (χ0) is 14.6. The molecule has 1 aromatic heterocycles. The predicted molar refractivity (Wildman–Crippen MR) is 83.5 cm³/mol. The first-order valence-electron chi connectivity index (χ1n) is 7.36. The first-order valence-corrected chi connectivity index (χ1v) is 9.68. The van der Waals surface area contributed by atoms with E-state index >= 15 is 0 Å². The van der Waals surface area contributed by atoms with Crippen LogP contribution in [0.15, 0.2) is 16.3 Å². The van der Waals surface area contributed by atoms with Crippen LogP contribution in [0.25, 0.3) is 0 Å². The zero-order valence-corrected chi connectivity index (χ0v) is 13.9. The fourth-order valence-electron chi connectivity index (χ4n) is 2.47. The minimum atomic E-state index is -3.28. The van der Waals surface area contributed by atoms with Crippen molar-refractivity contribution in [2.75, 3.05) is 19.6 Å². The van der Waals surface area contributed by atoms with Crippen LogP contribution in [0.4, 0.5) is 0 Å². The van der Waals surface area contributed by atoms with Gasteiger partial charge in [-0.2, -0.15) is 4.31 Å². The van der Waals surface area contributed by atoms with Gasteiger partial charge in [0.25, 0.3) is 0 Å². The monoisotopic (exact) mass is 316 g/mol. The molecule has 1 N–H and O–H groups in total. The van der Waals surface area contributed by atoms with Gasteiger partial charge in [-0.05, 0) is 31.4 Å². The minimum absolute atomic E-state index is 0.465. The van der Waals surface area contributed by atoms with Crippen LogP contribution in [0.5, 0.6) is 0 Å². The molecule has 2 rings (SSSR count). The molecule has 1 unspecified atom stereocenters. The second-order valence-electron chi connectivity index (χ2n) is 5.35. The molecule has 1 aliphatic heterocycles. The van der Waals surface area contributed by atoms with E-state index in [1.54, 1.807) is 9.69 Å². The highest BCUT2D eigenvalue weighted by molar-refractivity contribution is 7.89. The third-order valence-electron chi connectivity index (χ3n) is 3.82. The van der Waals surface area contributed by atoms with Gasteiger partial charge in [0.1, 0.15) is 0 Å². The number of nitrogens with one attached hydrogen (secondary N) is 1. The molecule has 0 aromatic carbocycles. The Balaban J connectivity index is 2.03. The van der Waals surface area contributed by atoms with E-state index in [0.29, 0.717) is 23.9 Å². The summed E-state index contributed by atoms with van der Waals surface area (Å²) in [6, 6.07) is 1.82. The lowest BCUT2D eigenvalue weighted by atomic mass is 10.1. The topological polar surface area (TPSA) is 49.4 Å². The van der Waals surface area contributed by atoms with Gasteiger partial charge in [0.15, 0.2) is 0 Å². The summed E-state index contributed by atoms with van der Waals surface area (Å²) >= 11 is 1.52. The van der Waals surface area contributed by atoms with E-state index in [2.05, 4.69) is 19.2 Å². The minimum Gasteiger partial charge on any atom is -0.312 e. The molecule has 114 valence electrons. The maximum absolute atomic E-state index is 12.6. The van der Waals surface area contributed by atoms with Crippen molar-refractivity contribution in [2.24, 2.45) is 5.92 Å². The third-order valence-corrected chi connectivity index (χ3v) is 6.75. The van der Waals surface area contributed by atoms with Gasteiger partial charge in [-0.3, -0.25) is 0 Å². The number of thiophene rings is 1. The summed E-state index contributed by atoms with van der Waals surface area (Å²) in [6.07, 6.45) is 3.13. The van der Waals surface area contributed by atoms with Crippen molar-refractivity contribution in [1.82, 2.24) is 9.62 Å². The molecule has 4 nitrogen and oxygen atoms in total. The molecule has 1 aliphatic rings. The van der Waals surface area contributed by atoms with Crippen molar-refractivity contribution in [2.45, 2.75) is 44.6 Å². The van der Waals surface area contributed by atoms with E-state index < -0.39 is 10.0 Å². The van der Waals surface area contributed by atoms with Crippen molar-refractivity contribution in [3.05, 3.63) is 16.3 Å². The summed E-state index contributed by atoms with van der Waals surface area (Å²) in [5, 5.41) is 5.08. The van der Waals surface area contributed by atoms with E-state index in [9.17, 15) is 8.42 Å². The Kier molecular flexibility index (Phi) is 5.60. The van der Waals surface area contributed by atoms with Gasteiger partial charge in [-0.1, -0.05) is 20.3 Å². The standard InChI is InChI=1S/C14H24N2O2S2/c1-3-6-15-9-13-8-14(11-19-13)20(17,18)16-7-5-12(4-2)10-16/h8,11-12,15H,3-7,9-10H2,1-2H3. The van der Waals surface area contributed by atoms with Gasteiger partial charge in [0.05, 0.1) is 4.90 Å². The third kappa shape index (κ3) is 3.61. The zero-order valence-electron chi connectivity index (χ0n) is 12.3. The summed E-state index contributed by atoms with van der Waals surface area (Å²) in [5.74, 6) is 0.522. The Morgan fingerprint density at radius 2 is 2.25 bits per heavy atom. The molecular weight excluding hydrogens is 292 g/mol. The molecule has 0 radical (unpaired) electrons. The summed E-state index contributed by atoms with van der Waals surface area (Å²) in [5.41, 5.74) is 0. The fraction of sp³-hybridized carbons (Fsp3) is 0.714. The Bertz CT molecular complexity index is 525. The number of hydrogen-bond donors (Lipinski definition) is 1. The largest absolute Gasteiger partial charge is 0.312 e. The van der Waals surface area contributed by atoms with Gasteiger partial charge in [0, 0.05) is 29.9 Å². The van der Waals surface area contributed by atoms with Crippen molar-refractivity contribution in [3.8, 4) is 0 Å². The van der Waals surface area contributed by atoms with Crippen LogP contribution in [0.2, 0.25) is 0 Å². The number of hydrogen-bond acceptors (Lipinski definition) is 4. The normalized spacial score (nSPS) is 20.6. The van der Waals surface area contributed by atoms with Crippen molar-refractivity contribution in [3.63, 3.8) is 0 Å². The van der Waals surface area contributed by atoms with Crippen LogP contribution in [-0.2, 0) is 16.6 Å². The van der Waals surface area contributed by atoms with Gasteiger partial charge in [0.2, 0.25) is 10.0 Å². The first kappa shape index (κ1) is 15.9. The maximum Gasteiger partial charge on any atom is 0.243 e. The molecule has 20 heavy (non-hydrogen) atoms. The van der Waals surface area contributed by atoms with Crippen molar-refractivity contribution >= 4 is 21.4 Å². The number of sulfonamides is 1. The highest BCUT2D eigenvalue weighted by Gasteiger charge is 2.32. The Hall–Kier alpha value is -0.430. The van der Waals surface area contributed by atoms with Crippen LogP contribution in [0.1, 0.15) is 38.0 Å². The summed E-state index contributed by atoms with van der Waals surface area (Å²) in [6.45, 7) is 7.31. The Morgan fingerprint density at radius 1 is 1.45 bits per heavy atom. The van der Waals surface area contributed by atoms with Crippen LogP contribution >= 0.6 is 11.3 Å². The van der Waals surface area contributed by atoms with E-state index in [0.717, 1.165) is 37.2 Å². The van der Waals surface area contributed by atoms with Crippen LogP contribution in [0, 0.1) is 5.92 Å². The van der Waals surface area contributed by atoms with E-state index in [-0.39, 0.29) is 0 Å². The number of rotatable bonds is 7. The molecule has 2 heterocycles. The van der Waals surface area contributed by atoms with Gasteiger partial charge in [-0.25, -0.2) is 8.42 Å². The quantitative estimate of drug-likeness (QED) is 0.787. The lowest BCUT2D eigenvalue weighted by molar-refractivity contribution is 0.453. The van der Waals surface area contributed by atoms with Crippen LogP contribution in [-0.4, -0.2) is 32.4 Å². The molecule has 1 saturated heterocycles. The predicted octanol–water partition coefficient (Wildman–Crippen LogP) is 2.67. The molecule has 0 bridgehead atoms. The first-order chi connectivity index (χ1) is 9.57. The van der Waals surface area contributed by atoms with E-state index in [1.807, 2.05) is 6.07 Å². The average Bonchev–Trinajstić information content (AvgIpc) is 3.08. The smallest absolute Gasteiger partial charge is 0.243 e. The highest BCUT2D eigenvalue weighted by Crippen LogP contribution is 2.28. The second-order valence-corrected chi connectivity index (χ2v) is 8.29. The van der Waals surface area contributed by atoms with E-state index in [1.165, 1.54) is 11.3 Å². The number of nitrogens with zero attached hydrogens (tertiary/aromatic N) is 1. The lowest BCUT2D eigenvalue weighted by Crippen LogP contribution is -2.28. The molecule has 0 amide bonds. The second kappa shape index (κ2) is 7.02. The fourth-order valence-corrected chi connectivity index (χ4v) is 5.24. The van der Waals surface area contributed by atoms with Gasteiger partial charge < -0.3 is 5.32 Å². The molecule has 0 aliphatic carbocycles. The van der Waals surface area contributed by atoms with E-state index in [4.69, 9.17) is 0 Å². The molecule has 6 heteroatoms. The molecule has 1 atom stereocenters. The lowest BCUT2D eigenvalue weighted by Gasteiger charge is -2.15. The van der Waals surface area contributed by atoms with Crippen molar-refractivity contribution in [1.29, 1.82) is 0 Å². The SMILES string of the molecule is CCCNCc1cc(S(=O)(=O)N2CCC(CC)C2)cs1. The van der Waals surface area contributed by atoms with Gasteiger partial charge >= 0.3 is 0 Å². The highest BCUT2D eigenvalue weighted by atomic mass is 32.2. The molecular formula is C14H24N2O2S2. The van der Waals surface area contributed by atoms with Crippen molar-refractivity contribution < 1.29 is 8.42 Å². The molecule has 0 spiro atoms. The summed E-state index contributed by atoms with van der Waals surface area (Å²) in [7, 11) is -3.28. The Morgan fingerprint density at radius 3 is 2.90 bits per heavy atom. The summed E-state index contributed by atoms with van der Waals surface area (Å²) < 4.78 is 26.7. The molecule has 1 fully saturated rings. The molecule has 0 saturated carbocycles. The molecule has 1 aromatic rings. The Labute approximate surface area is 126 Å². The van der Waals surface area contributed by atoms with Gasteiger partial charge in [-0.15, -0.1) is 11.3 Å².